The number of methoxy groups -OCH3 is 1. The lowest BCUT2D eigenvalue weighted by Gasteiger charge is -2.21. The Morgan fingerprint density at radius 3 is 2.25 bits per heavy atom. The summed E-state index contributed by atoms with van der Waals surface area (Å²) < 4.78 is 60.4. The number of ether oxygens (including phenoxy) is 1. The lowest BCUT2D eigenvalue weighted by molar-refractivity contribution is -0.117. The molecule has 0 unspecified atom stereocenters. The van der Waals surface area contributed by atoms with Gasteiger partial charge in [0.1, 0.15) is 5.75 Å². The van der Waals surface area contributed by atoms with Crippen LogP contribution >= 0.6 is 0 Å². The lowest BCUT2D eigenvalue weighted by Crippen LogP contribution is -2.24. The van der Waals surface area contributed by atoms with E-state index in [0.29, 0.717) is 41.1 Å². The first-order valence-corrected chi connectivity index (χ1v) is 13.3. The van der Waals surface area contributed by atoms with E-state index in [2.05, 4.69) is 9.44 Å². The van der Waals surface area contributed by atoms with Gasteiger partial charge < -0.3 is 9.64 Å². The van der Waals surface area contributed by atoms with Gasteiger partial charge in [-0.05, 0) is 56.0 Å². The van der Waals surface area contributed by atoms with Crippen molar-refractivity contribution >= 4 is 43.0 Å². The summed E-state index contributed by atoms with van der Waals surface area (Å²) in [6, 6.07) is 6.35. The number of amides is 1. The molecule has 32 heavy (non-hydrogen) atoms. The topological polar surface area (TPSA) is 122 Å². The molecule has 0 aromatic heterocycles. The molecule has 11 heteroatoms. The maximum Gasteiger partial charge on any atom is 0.262 e. The van der Waals surface area contributed by atoms with Gasteiger partial charge in [0.25, 0.3) is 10.0 Å². The van der Waals surface area contributed by atoms with E-state index in [1.807, 2.05) is 0 Å². The molecule has 1 aliphatic rings. The van der Waals surface area contributed by atoms with Crippen molar-refractivity contribution in [3.8, 4) is 5.75 Å². The maximum atomic E-state index is 13.3. The molecule has 2 aromatic carbocycles. The van der Waals surface area contributed by atoms with Crippen molar-refractivity contribution in [2.24, 2.45) is 0 Å². The Labute approximate surface area is 188 Å². The van der Waals surface area contributed by atoms with E-state index in [9.17, 15) is 21.6 Å². The van der Waals surface area contributed by atoms with E-state index < -0.39 is 20.0 Å². The fourth-order valence-electron chi connectivity index (χ4n) is 4.00. The molecule has 1 saturated heterocycles. The minimum absolute atomic E-state index is 0.00607. The van der Waals surface area contributed by atoms with Crippen LogP contribution in [0.15, 0.2) is 29.2 Å². The second kappa shape index (κ2) is 8.62. The highest BCUT2D eigenvalue weighted by Gasteiger charge is 2.27. The molecule has 174 valence electrons. The molecule has 0 aliphatic carbocycles. The van der Waals surface area contributed by atoms with Gasteiger partial charge in [0.05, 0.1) is 35.3 Å². The Morgan fingerprint density at radius 2 is 1.69 bits per heavy atom. The van der Waals surface area contributed by atoms with Crippen molar-refractivity contribution in [2.45, 2.75) is 38.5 Å². The zero-order valence-electron chi connectivity index (χ0n) is 18.6. The molecule has 0 atom stereocenters. The summed E-state index contributed by atoms with van der Waals surface area (Å²) in [5.74, 6) is 0.366. The van der Waals surface area contributed by atoms with E-state index in [4.69, 9.17) is 4.74 Å². The smallest absolute Gasteiger partial charge is 0.262 e. The number of nitrogens with one attached hydrogen (secondary N) is 2. The molecule has 1 amide bonds. The Kier molecular flexibility index (Phi) is 6.43. The Bertz CT molecular complexity index is 1290. The fraction of sp³-hybridized carbons (Fsp3) is 0.381. The van der Waals surface area contributed by atoms with E-state index in [1.165, 1.54) is 13.2 Å². The SMILES string of the molecule is COc1cc(NS(=O)(=O)c2c(C)cc(C)c(NS(C)(=O)=O)c2C)ccc1N1CCCC1=O. The van der Waals surface area contributed by atoms with Crippen LogP contribution in [0, 0.1) is 20.8 Å². The van der Waals surface area contributed by atoms with Crippen LogP contribution in [0.2, 0.25) is 0 Å². The summed E-state index contributed by atoms with van der Waals surface area (Å²) in [6.45, 7) is 5.50. The summed E-state index contributed by atoms with van der Waals surface area (Å²) >= 11 is 0. The van der Waals surface area contributed by atoms with Crippen LogP contribution in [0.1, 0.15) is 29.5 Å². The molecule has 9 nitrogen and oxygen atoms in total. The summed E-state index contributed by atoms with van der Waals surface area (Å²) in [5, 5.41) is 0. The summed E-state index contributed by atoms with van der Waals surface area (Å²) in [6.07, 6.45) is 2.23. The number of hydrogen-bond donors (Lipinski definition) is 2. The van der Waals surface area contributed by atoms with Crippen LogP contribution < -0.4 is 19.1 Å². The Hall–Kier alpha value is -2.79. The van der Waals surface area contributed by atoms with Gasteiger partial charge >= 0.3 is 0 Å². The highest BCUT2D eigenvalue weighted by Crippen LogP contribution is 2.36. The third kappa shape index (κ3) is 4.83. The molecule has 2 N–H and O–H groups in total. The van der Waals surface area contributed by atoms with E-state index in [-0.39, 0.29) is 22.2 Å². The van der Waals surface area contributed by atoms with Gasteiger partial charge in [-0.1, -0.05) is 6.07 Å². The zero-order chi connectivity index (χ0) is 23.8. The first-order valence-electron chi connectivity index (χ1n) is 9.94. The maximum absolute atomic E-state index is 13.3. The molecule has 0 bridgehead atoms. The van der Waals surface area contributed by atoms with Gasteiger partial charge in [0.2, 0.25) is 15.9 Å². The molecule has 1 aliphatic heterocycles. The molecule has 1 fully saturated rings. The average molecular weight is 482 g/mol. The molecule has 1 heterocycles. The highest BCUT2D eigenvalue weighted by atomic mass is 32.2. The van der Waals surface area contributed by atoms with Gasteiger partial charge in [-0.3, -0.25) is 14.2 Å². The second-order valence-corrected chi connectivity index (χ2v) is 11.2. The lowest BCUT2D eigenvalue weighted by atomic mass is 10.1. The van der Waals surface area contributed by atoms with Crippen molar-refractivity contribution in [1.29, 1.82) is 0 Å². The van der Waals surface area contributed by atoms with Crippen molar-refractivity contribution < 1.29 is 26.4 Å². The number of anilines is 3. The number of carbonyl (C=O) groups excluding carboxylic acids is 1. The third-order valence-electron chi connectivity index (χ3n) is 5.25. The molecular weight excluding hydrogens is 454 g/mol. The van der Waals surface area contributed by atoms with Gasteiger partial charge in [0.15, 0.2) is 0 Å². The first kappa shape index (κ1) is 23.9. The number of sulfonamides is 2. The Balaban J connectivity index is 2.01. The van der Waals surface area contributed by atoms with E-state index in [1.54, 1.807) is 43.9 Å². The highest BCUT2D eigenvalue weighted by molar-refractivity contribution is 7.93. The molecule has 0 radical (unpaired) electrons. The van der Waals surface area contributed by atoms with Crippen molar-refractivity contribution in [3.05, 3.63) is 41.0 Å². The van der Waals surface area contributed by atoms with E-state index >= 15 is 0 Å². The number of nitrogens with zero attached hydrogens (tertiary/aromatic N) is 1. The quantitative estimate of drug-likeness (QED) is 0.627. The van der Waals surface area contributed by atoms with Crippen molar-refractivity contribution in [2.75, 3.05) is 34.3 Å². The summed E-state index contributed by atoms with van der Waals surface area (Å²) in [7, 11) is -6.20. The predicted molar refractivity (Wildman–Crippen MR) is 125 cm³/mol. The predicted octanol–water partition coefficient (Wildman–Crippen LogP) is 2.92. The number of carbonyl (C=O) groups is 1. The zero-order valence-corrected chi connectivity index (χ0v) is 20.3. The Morgan fingerprint density at radius 1 is 1.00 bits per heavy atom. The minimum atomic E-state index is -4.06. The standard InChI is InChI=1S/C21H27N3O6S2/c1-13-11-14(2)21(15(3)20(13)23-31(5,26)27)32(28,29)22-16-8-9-17(18(12-16)30-4)24-10-6-7-19(24)25/h8-9,11-12,22-23H,6-7,10H2,1-5H3. The van der Waals surface area contributed by atoms with Gasteiger partial charge in [-0.2, -0.15) is 0 Å². The van der Waals surface area contributed by atoms with Gasteiger partial charge in [-0.15, -0.1) is 0 Å². The number of aryl methyl sites for hydroxylation is 2. The fourth-order valence-corrected chi connectivity index (χ4v) is 6.21. The average Bonchev–Trinajstić information content (AvgIpc) is 3.09. The van der Waals surface area contributed by atoms with Gasteiger partial charge in [0, 0.05) is 19.0 Å². The second-order valence-electron chi connectivity index (χ2n) is 7.85. The van der Waals surface area contributed by atoms with Gasteiger partial charge in [-0.25, -0.2) is 16.8 Å². The molecule has 0 spiro atoms. The van der Waals surface area contributed by atoms with Crippen LogP contribution in [0.3, 0.4) is 0 Å². The third-order valence-corrected chi connectivity index (χ3v) is 7.50. The van der Waals surface area contributed by atoms with Crippen LogP contribution in [-0.4, -0.2) is 42.7 Å². The molecule has 3 rings (SSSR count). The number of rotatable bonds is 7. The summed E-state index contributed by atoms with van der Waals surface area (Å²) in [5.41, 5.74) is 2.48. The van der Waals surface area contributed by atoms with Crippen LogP contribution in [0.5, 0.6) is 5.75 Å². The number of hydrogen-bond acceptors (Lipinski definition) is 6. The number of benzene rings is 2. The molecule has 2 aromatic rings. The van der Waals surface area contributed by atoms with E-state index in [0.717, 1.165) is 12.7 Å². The van der Waals surface area contributed by atoms with Crippen molar-refractivity contribution in [3.63, 3.8) is 0 Å². The molecule has 0 saturated carbocycles. The van der Waals surface area contributed by atoms with Crippen LogP contribution in [0.25, 0.3) is 0 Å². The van der Waals surface area contributed by atoms with Crippen LogP contribution in [-0.2, 0) is 24.8 Å². The summed E-state index contributed by atoms with van der Waals surface area (Å²) in [4.78, 5) is 13.7. The minimum Gasteiger partial charge on any atom is -0.494 e. The first-order chi connectivity index (χ1) is 14.8. The normalized spacial score (nSPS) is 14.5. The largest absolute Gasteiger partial charge is 0.494 e. The van der Waals surface area contributed by atoms with Crippen molar-refractivity contribution in [1.82, 2.24) is 0 Å². The van der Waals surface area contributed by atoms with Crippen LogP contribution in [0.4, 0.5) is 17.1 Å². The monoisotopic (exact) mass is 481 g/mol. The molecular formula is C21H27N3O6S2.